The Hall–Kier alpha value is -1.55. The molecule has 68 valence electrons. The van der Waals surface area contributed by atoms with Gasteiger partial charge in [-0.3, -0.25) is 4.99 Å². The topological polar surface area (TPSA) is 67.8 Å². The van der Waals surface area contributed by atoms with E-state index in [9.17, 15) is 0 Å². The van der Waals surface area contributed by atoms with Crippen molar-refractivity contribution in [2.45, 2.75) is 6.10 Å². The van der Waals surface area contributed by atoms with E-state index < -0.39 is 0 Å². The first kappa shape index (κ1) is 8.07. The van der Waals surface area contributed by atoms with Crippen molar-refractivity contribution < 1.29 is 9.84 Å². The number of aliphatic imine (C=N–C) groups is 1. The molecule has 0 spiro atoms. The van der Waals surface area contributed by atoms with Crippen molar-refractivity contribution in [3.05, 3.63) is 18.2 Å². The number of fused-ring (bicyclic) bond motifs is 1. The molecule has 1 heterocycles. The molecule has 0 saturated heterocycles. The van der Waals surface area contributed by atoms with Crippen LogP contribution in [0.1, 0.15) is 0 Å². The minimum absolute atomic E-state index is 0.0622. The van der Waals surface area contributed by atoms with E-state index in [-0.39, 0.29) is 12.7 Å². The summed E-state index contributed by atoms with van der Waals surface area (Å²) in [6, 6.07) is 5.23. The second kappa shape index (κ2) is 3.06. The number of ether oxygens (including phenoxy) is 1. The highest BCUT2D eigenvalue weighted by Crippen LogP contribution is 2.32. The minimum Gasteiger partial charge on any atom is -0.480 e. The molecule has 0 amide bonds. The Labute approximate surface area is 75.7 Å². The first-order valence-electron chi connectivity index (χ1n) is 4.01. The molecular weight excluding hydrogens is 168 g/mol. The van der Waals surface area contributed by atoms with Gasteiger partial charge < -0.3 is 15.6 Å². The maximum Gasteiger partial charge on any atom is 0.157 e. The summed E-state index contributed by atoms with van der Waals surface area (Å²) in [5.74, 6) is 0.663. The maximum absolute atomic E-state index is 8.83. The van der Waals surface area contributed by atoms with Crippen LogP contribution in [0.15, 0.2) is 23.2 Å². The van der Waals surface area contributed by atoms with Crippen molar-refractivity contribution in [1.29, 1.82) is 0 Å². The highest BCUT2D eigenvalue weighted by atomic mass is 16.5. The predicted octanol–water partition coefficient (Wildman–Crippen LogP) is 0.724. The van der Waals surface area contributed by atoms with Gasteiger partial charge >= 0.3 is 0 Å². The molecule has 2 rings (SSSR count). The Morgan fingerprint density at radius 3 is 3.15 bits per heavy atom. The quantitative estimate of drug-likeness (QED) is 0.623. The summed E-state index contributed by atoms with van der Waals surface area (Å²) in [6.07, 6.45) is 1.23. The van der Waals surface area contributed by atoms with Gasteiger partial charge in [0.2, 0.25) is 0 Å². The van der Waals surface area contributed by atoms with Gasteiger partial charge in [-0.25, -0.2) is 0 Å². The third kappa shape index (κ3) is 1.48. The standard InChI is InChI=1S/C9H10N2O2/c10-6-1-2-9-8(3-6)11-4-7(5-12)13-9/h1-4,7,12H,5,10H2. The smallest absolute Gasteiger partial charge is 0.157 e. The number of benzene rings is 1. The zero-order valence-electron chi connectivity index (χ0n) is 6.97. The molecule has 13 heavy (non-hydrogen) atoms. The Morgan fingerprint density at radius 1 is 1.54 bits per heavy atom. The predicted molar refractivity (Wildman–Crippen MR) is 50.5 cm³/mol. The maximum atomic E-state index is 8.83. The van der Waals surface area contributed by atoms with Gasteiger partial charge in [-0.1, -0.05) is 0 Å². The molecule has 0 bridgehead atoms. The van der Waals surface area contributed by atoms with E-state index in [1.165, 1.54) is 0 Å². The molecule has 0 saturated carbocycles. The summed E-state index contributed by atoms with van der Waals surface area (Å²) < 4.78 is 5.38. The Morgan fingerprint density at radius 2 is 2.38 bits per heavy atom. The van der Waals surface area contributed by atoms with Crippen molar-refractivity contribution in [3.63, 3.8) is 0 Å². The third-order valence-electron chi connectivity index (χ3n) is 1.82. The summed E-state index contributed by atoms with van der Waals surface area (Å²) in [5, 5.41) is 8.83. The molecule has 0 fully saturated rings. The minimum atomic E-state index is -0.337. The summed E-state index contributed by atoms with van der Waals surface area (Å²) in [5.41, 5.74) is 6.94. The molecular formula is C9H10N2O2. The molecule has 4 heteroatoms. The lowest BCUT2D eigenvalue weighted by Crippen LogP contribution is -2.24. The fourth-order valence-electron chi connectivity index (χ4n) is 1.18. The number of hydrogen-bond acceptors (Lipinski definition) is 4. The zero-order valence-corrected chi connectivity index (χ0v) is 6.97. The van der Waals surface area contributed by atoms with Crippen LogP contribution >= 0.6 is 0 Å². The molecule has 0 aromatic heterocycles. The van der Waals surface area contributed by atoms with Crippen LogP contribution in [-0.2, 0) is 0 Å². The van der Waals surface area contributed by atoms with Crippen molar-refractivity contribution in [3.8, 4) is 5.75 Å². The lowest BCUT2D eigenvalue weighted by atomic mass is 10.2. The van der Waals surface area contributed by atoms with Gasteiger partial charge in [0.15, 0.2) is 6.10 Å². The van der Waals surface area contributed by atoms with Crippen LogP contribution in [0.5, 0.6) is 5.75 Å². The van der Waals surface area contributed by atoms with E-state index in [1.807, 2.05) is 0 Å². The van der Waals surface area contributed by atoms with Crippen LogP contribution in [0.4, 0.5) is 11.4 Å². The van der Waals surface area contributed by atoms with Gasteiger partial charge in [0.25, 0.3) is 0 Å². The van der Waals surface area contributed by atoms with E-state index >= 15 is 0 Å². The molecule has 3 N–H and O–H groups in total. The van der Waals surface area contributed by atoms with Crippen LogP contribution in [0, 0.1) is 0 Å². The molecule has 1 unspecified atom stereocenters. The van der Waals surface area contributed by atoms with E-state index in [1.54, 1.807) is 24.4 Å². The summed E-state index contributed by atoms with van der Waals surface area (Å²) in [4.78, 5) is 4.12. The number of rotatable bonds is 1. The highest BCUT2D eigenvalue weighted by Gasteiger charge is 2.14. The zero-order chi connectivity index (χ0) is 9.26. The SMILES string of the molecule is Nc1ccc2c(c1)N=CC(CO)O2. The summed E-state index contributed by atoms with van der Waals surface area (Å²) in [6.45, 7) is -0.0622. The molecule has 1 aromatic carbocycles. The third-order valence-corrected chi connectivity index (χ3v) is 1.82. The average molecular weight is 178 g/mol. The van der Waals surface area contributed by atoms with Crippen LogP contribution in [-0.4, -0.2) is 24.0 Å². The van der Waals surface area contributed by atoms with Crippen molar-refractivity contribution >= 4 is 17.6 Å². The van der Waals surface area contributed by atoms with Gasteiger partial charge in [0, 0.05) is 11.9 Å². The number of nitrogens with zero attached hydrogens (tertiary/aromatic N) is 1. The average Bonchev–Trinajstić information content (AvgIpc) is 2.17. The normalized spacial score (nSPS) is 19.3. The second-order valence-corrected chi connectivity index (χ2v) is 2.84. The molecule has 0 radical (unpaired) electrons. The number of nitrogen functional groups attached to an aromatic ring is 1. The van der Waals surface area contributed by atoms with Crippen molar-refractivity contribution in [2.75, 3.05) is 12.3 Å². The molecule has 1 atom stereocenters. The summed E-state index contributed by atoms with van der Waals surface area (Å²) in [7, 11) is 0. The monoisotopic (exact) mass is 178 g/mol. The van der Waals surface area contributed by atoms with Crippen LogP contribution in [0.25, 0.3) is 0 Å². The van der Waals surface area contributed by atoms with Gasteiger partial charge in [0.1, 0.15) is 11.4 Å². The van der Waals surface area contributed by atoms with E-state index in [2.05, 4.69) is 4.99 Å². The Bertz CT molecular complexity index is 349. The Kier molecular flexibility index (Phi) is 1.90. The van der Waals surface area contributed by atoms with Gasteiger partial charge in [0.05, 0.1) is 6.61 Å². The highest BCUT2D eigenvalue weighted by molar-refractivity contribution is 5.75. The van der Waals surface area contributed by atoms with Gasteiger partial charge in [-0.15, -0.1) is 0 Å². The molecule has 0 aliphatic carbocycles. The lowest BCUT2D eigenvalue weighted by molar-refractivity contribution is 0.164. The van der Waals surface area contributed by atoms with Gasteiger partial charge in [-0.2, -0.15) is 0 Å². The summed E-state index contributed by atoms with van der Waals surface area (Å²) >= 11 is 0. The van der Waals surface area contributed by atoms with E-state index in [0.29, 0.717) is 17.1 Å². The van der Waals surface area contributed by atoms with E-state index in [4.69, 9.17) is 15.6 Å². The molecule has 4 nitrogen and oxygen atoms in total. The number of aliphatic hydroxyl groups excluding tert-OH is 1. The number of hydrogen-bond donors (Lipinski definition) is 2. The number of aliphatic hydroxyl groups is 1. The van der Waals surface area contributed by atoms with Gasteiger partial charge in [-0.05, 0) is 18.2 Å². The van der Waals surface area contributed by atoms with Crippen molar-refractivity contribution in [2.24, 2.45) is 4.99 Å². The lowest BCUT2D eigenvalue weighted by Gasteiger charge is -2.18. The first-order chi connectivity index (χ1) is 6.29. The van der Waals surface area contributed by atoms with Crippen LogP contribution < -0.4 is 10.5 Å². The first-order valence-corrected chi connectivity index (χ1v) is 4.01. The van der Waals surface area contributed by atoms with Crippen LogP contribution in [0.2, 0.25) is 0 Å². The molecule has 1 aromatic rings. The largest absolute Gasteiger partial charge is 0.480 e. The molecule has 1 aliphatic rings. The molecule has 1 aliphatic heterocycles. The Balaban J connectivity index is 2.35. The van der Waals surface area contributed by atoms with Crippen LogP contribution in [0.3, 0.4) is 0 Å². The number of anilines is 1. The fraction of sp³-hybridized carbons (Fsp3) is 0.222. The second-order valence-electron chi connectivity index (χ2n) is 2.84. The van der Waals surface area contributed by atoms with E-state index in [0.717, 1.165) is 0 Å². The van der Waals surface area contributed by atoms with Crippen molar-refractivity contribution in [1.82, 2.24) is 0 Å². The number of nitrogens with two attached hydrogens (primary N) is 1. The fourth-order valence-corrected chi connectivity index (χ4v) is 1.18.